The summed E-state index contributed by atoms with van der Waals surface area (Å²) < 4.78 is 0. The standard InChI is InChI=1S/C13H21/c1-7-8(2)13-11(5)9(3)10(4)12(13)6/h8,13H,1,7H2,2-6H3. The molecule has 0 heteroatoms. The molecule has 0 nitrogen and oxygen atoms in total. The zero-order valence-electron chi connectivity index (χ0n) is 9.57. The maximum Gasteiger partial charge on any atom is 0.00387 e. The first-order chi connectivity index (χ1) is 6.00. The van der Waals surface area contributed by atoms with Crippen LogP contribution in [0.4, 0.5) is 0 Å². The molecule has 1 atom stereocenters. The van der Waals surface area contributed by atoms with Crippen molar-refractivity contribution in [3.05, 3.63) is 29.2 Å². The normalized spacial score (nSPS) is 21.7. The minimum Gasteiger partial charge on any atom is -0.0627 e. The lowest BCUT2D eigenvalue weighted by atomic mass is 9.83. The fourth-order valence-electron chi connectivity index (χ4n) is 2.40. The SMILES string of the molecule is [CH2]CC(C)C1C(C)=C(C)C(C)=C1C. The van der Waals surface area contributed by atoms with Crippen LogP contribution in [-0.4, -0.2) is 0 Å². The van der Waals surface area contributed by atoms with E-state index >= 15 is 0 Å². The van der Waals surface area contributed by atoms with Gasteiger partial charge in [-0.25, -0.2) is 0 Å². The van der Waals surface area contributed by atoms with Gasteiger partial charge in [0, 0.05) is 5.92 Å². The van der Waals surface area contributed by atoms with Gasteiger partial charge in [0.15, 0.2) is 0 Å². The predicted octanol–water partition coefficient (Wildman–Crippen LogP) is 4.15. The average molecular weight is 177 g/mol. The molecular formula is C13H21. The molecule has 0 aromatic carbocycles. The van der Waals surface area contributed by atoms with E-state index in [9.17, 15) is 0 Å². The highest BCUT2D eigenvalue weighted by Crippen LogP contribution is 2.41. The van der Waals surface area contributed by atoms with Crippen molar-refractivity contribution in [3.8, 4) is 0 Å². The van der Waals surface area contributed by atoms with Crippen LogP contribution in [0.5, 0.6) is 0 Å². The molecule has 0 fully saturated rings. The summed E-state index contributed by atoms with van der Waals surface area (Å²) in [6, 6.07) is 0. The van der Waals surface area contributed by atoms with Crippen LogP contribution in [0.15, 0.2) is 22.3 Å². The van der Waals surface area contributed by atoms with E-state index in [2.05, 4.69) is 41.5 Å². The summed E-state index contributed by atoms with van der Waals surface area (Å²) in [6.07, 6.45) is 1.03. The first kappa shape index (κ1) is 10.6. The highest BCUT2D eigenvalue weighted by atomic mass is 14.3. The van der Waals surface area contributed by atoms with Crippen molar-refractivity contribution in [2.75, 3.05) is 0 Å². The van der Waals surface area contributed by atoms with Crippen LogP contribution >= 0.6 is 0 Å². The van der Waals surface area contributed by atoms with Crippen molar-refractivity contribution >= 4 is 0 Å². The molecule has 73 valence electrons. The second-order valence-electron chi connectivity index (χ2n) is 4.36. The Bertz CT molecular complexity index is 242. The molecule has 1 radical (unpaired) electrons. The molecule has 0 heterocycles. The molecule has 0 bridgehead atoms. The molecule has 0 aromatic heterocycles. The Labute approximate surface area is 82.7 Å². The fourth-order valence-corrected chi connectivity index (χ4v) is 2.40. The Morgan fingerprint density at radius 2 is 1.46 bits per heavy atom. The first-order valence-electron chi connectivity index (χ1n) is 5.15. The lowest BCUT2D eigenvalue weighted by Gasteiger charge is -2.21. The third kappa shape index (κ3) is 1.59. The van der Waals surface area contributed by atoms with E-state index in [-0.39, 0.29) is 0 Å². The zero-order valence-corrected chi connectivity index (χ0v) is 9.57. The van der Waals surface area contributed by atoms with E-state index in [1.807, 2.05) is 0 Å². The van der Waals surface area contributed by atoms with Gasteiger partial charge in [-0.1, -0.05) is 25.0 Å². The van der Waals surface area contributed by atoms with Crippen LogP contribution in [-0.2, 0) is 0 Å². The third-order valence-electron chi connectivity index (χ3n) is 3.70. The summed E-state index contributed by atoms with van der Waals surface area (Å²) in [5, 5.41) is 0. The van der Waals surface area contributed by atoms with E-state index in [1.54, 1.807) is 11.1 Å². The summed E-state index contributed by atoms with van der Waals surface area (Å²) in [6.45, 7) is 15.3. The third-order valence-corrected chi connectivity index (χ3v) is 3.70. The molecule has 13 heavy (non-hydrogen) atoms. The van der Waals surface area contributed by atoms with Crippen LogP contribution in [0.2, 0.25) is 0 Å². The van der Waals surface area contributed by atoms with E-state index in [4.69, 9.17) is 0 Å². The van der Waals surface area contributed by atoms with E-state index in [0.29, 0.717) is 11.8 Å². The highest BCUT2D eigenvalue weighted by Gasteiger charge is 2.27. The van der Waals surface area contributed by atoms with E-state index in [1.165, 1.54) is 11.1 Å². The second kappa shape index (κ2) is 3.69. The van der Waals surface area contributed by atoms with Crippen LogP contribution in [0.1, 0.15) is 41.0 Å². The molecule has 1 rings (SSSR count). The lowest BCUT2D eigenvalue weighted by molar-refractivity contribution is 0.468. The molecule has 1 unspecified atom stereocenters. The molecule has 0 spiro atoms. The summed E-state index contributed by atoms with van der Waals surface area (Å²) in [7, 11) is 0. The molecule has 1 aliphatic rings. The van der Waals surface area contributed by atoms with Crippen LogP contribution in [0.25, 0.3) is 0 Å². The number of hydrogen-bond donors (Lipinski definition) is 0. The largest absolute Gasteiger partial charge is 0.0627 e. The molecule has 0 amide bonds. The lowest BCUT2D eigenvalue weighted by Crippen LogP contribution is -2.11. The van der Waals surface area contributed by atoms with Gasteiger partial charge in [-0.15, -0.1) is 0 Å². The van der Waals surface area contributed by atoms with Crippen LogP contribution in [0.3, 0.4) is 0 Å². The smallest absolute Gasteiger partial charge is 0.00387 e. The van der Waals surface area contributed by atoms with Gasteiger partial charge in [-0.2, -0.15) is 0 Å². The Morgan fingerprint density at radius 3 is 1.77 bits per heavy atom. The van der Waals surface area contributed by atoms with Crippen molar-refractivity contribution in [2.45, 2.75) is 41.0 Å². The van der Waals surface area contributed by atoms with Gasteiger partial charge in [-0.3, -0.25) is 0 Å². The van der Waals surface area contributed by atoms with Gasteiger partial charge in [0.25, 0.3) is 0 Å². The maximum absolute atomic E-state index is 4.00. The molecule has 0 aliphatic heterocycles. The topological polar surface area (TPSA) is 0 Å². The maximum atomic E-state index is 4.00. The Kier molecular flexibility index (Phi) is 3.00. The van der Waals surface area contributed by atoms with Crippen LogP contribution < -0.4 is 0 Å². The molecule has 0 saturated carbocycles. The van der Waals surface area contributed by atoms with Crippen molar-refractivity contribution in [1.82, 2.24) is 0 Å². The summed E-state index contributed by atoms with van der Waals surface area (Å²) in [4.78, 5) is 0. The molecule has 0 aromatic rings. The number of hydrogen-bond acceptors (Lipinski definition) is 0. The van der Waals surface area contributed by atoms with Crippen molar-refractivity contribution in [3.63, 3.8) is 0 Å². The Hall–Kier alpha value is -0.520. The van der Waals surface area contributed by atoms with Crippen molar-refractivity contribution < 1.29 is 0 Å². The minimum absolute atomic E-state index is 0.664. The van der Waals surface area contributed by atoms with Gasteiger partial charge in [0.1, 0.15) is 0 Å². The van der Waals surface area contributed by atoms with Gasteiger partial charge >= 0.3 is 0 Å². The summed E-state index contributed by atoms with van der Waals surface area (Å²) in [5.74, 6) is 1.35. The minimum atomic E-state index is 0.664. The Balaban J connectivity index is 3.02. The Morgan fingerprint density at radius 1 is 1.08 bits per heavy atom. The highest BCUT2D eigenvalue weighted by molar-refractivity contribution is 5.46. The van der Waals surface area contributed by atoms with E-state index in [0.717, 1.165) is 6.42 Å². The van der Waals surface area contributed by atoms with E-state index < -0.39 is 0 Å². The monoisotopic (exact) mass is 177 g/mol. The first-order valence-corrected chi connectivity index (χ1v) is 5.15. The van der Waals surface area contributed by atoms with Crippen molar-refractivity contribution in [1.29, 1.82) is 0 Å². The van der Waals surface area contributed by atoms with Crippen LogP contribution in [0, 0.1) is 18.8 Å². The number of allylic oxidation sites excluding steroid dienone is 4. The summed E-state index contributed by atoms with van der Waals surface area (Å²) in [5.41, 5.74) is 6.13. The fraction of sp³-hybridized carbons (Fsp3) is 0.615. The predicted molar refractivity (Wildman–Crippen MR) is 59.4 cm³/mol. The molecule has 0 N–H and O–H groups in total. The summed E-state index contributed by atoms with van der Waals surface area (Å²) >= 11 is 0. The van der Waals surface area contributed by atoms with Gasteiger partial charge < -0.3 is 0 Å². The zero-order chi connectivity index (χ0) is 10.2. The number of rotatable bonds is 2. The molecule has 1 aliphatic carbocycles. The van der Waals surface area contributed by atoms with Gasteiger partial charge in [-0.05, 0) is 51.2 Å². The molecular weight excluding hydrogens is 156 g/mol. The second-order valence-corrected chi connectivity index (χ2v) is 4.36. The quantitative estimate of drug-likeness (QED) is 0.594. The van der Waals surface area contributed by atoms with Gasteiger partial charge in [0.05, 0.1) is 0 Å². The average Bonchev–Trinajstić information content (AvgIpc) is 2.30. The molecule has 0 saturated heterocycles. The van der Waals surface area contributed by atoms with Gasteiger partial charge in [0.2, 0.25) is 0 Å². The van der Waals surface area contributed by atoms with Crippen molar-refractivity contribution in [2.24, 2.45) is 11.8 Å².